The molecule has 7 heteroatoms. The first kappa shape index (κ1) is 51.5. The van der Waals surface area contributed by atoms with Crippen LogP contribution in [0.15, 0.2) is 273 Å². The van der Waals surface area contributed by atoms with E-state index in [1.54, 1.807) is 0 Å². The third-order valence-corrected chi connectivity index (χ3v) is 16.5. The number of carbonyl (C=O) groups excluding carboxylic acids is 1. The summed E-state index contributed by atoms with van der Waals surface area (Å²) in [5.41, 5.74) is 0. The van der Waals surface area contributed by atoms with E-state index in [4.69, 9.17) is 4.79 Å². The Labute approximate surface area is 397 Å². The Morgan fingerprint density at radius 3 is 0.355 bits per heavy atom. The van der Waals surface area contributed by atoms with Crippen LogP contribution in [0.2, 0.25) is 0 Å². The van der Waals surface area contributed by atoms with E-state index in [0.29, 0.717) is 0 Å². The van der Waals surface area contributed by atoms with E-state index in [2.05, 4.69) is 273 Å². The summed E-state index contributed by atoms with van der Waals surface area (Å²) in [5.74, 6) is 0. The summed E-state index contributed by atoms with van der Waals surface area (Å²) in [7, 11) is -1.34. The van der Waals surface area contributed by atoms with Gasteiger partial charge in [-0.05, 0) is 71.5 Å². The van der Waals surface area contributed by atoms with E-state index >= 15 is 0 Å². The Morgan fingerprint density at radius 1 is 0.194 bits per heavy atom. The van der Waals surface area contributed by atoms with Crippen LogP contribution in [0.25, 0.3) is 0 Å². The van der Waals surface area contributed by atoms with Gasteiger partial charge in [-0.1, -0.05) is 273 Å². The van der Waals surface area contributed by atoms with Gasteiger partial charge < -0.3 is 4.79 Å². The topological polar surface area (TPSA) is 17.1 Å². The van der Waals surface area contributed by atoms with Crippen molar-refractivity contribution in [2.24, 2.45) is 0 Å². The predicted molar refractivity (Wildman–Crippen MR) is 277 cm³/mol. The molecule has 0 aliphatic carbocycles. The minimum absolute atomic E-state index is 0. The van der Waals surface area contributed by atoms with Crippen molar-refractivity contribution in [2.45, 2.75) is 0 Å². The van der Waals surface area contributed by atoms with Gasteiger partial charge in [-0.15, -0.1) is 24.8 Å². The fourth-order valence-corrected chi connectivity index (χ4v) is 13.5. The van der Waals surface area contributed by atoms with Gasteiger partial charge in [0.2, 0.25) is 0 Å². The van der Waals surface area contributed by atoms with Crippen LogP contribution in [0.5, 0.6) is 0 Å². The maximum Gasteiger partial charge on any atom is 0.106 e. The van der Waals surface area contributed by atoms with Gasteiger partial charge >= 0.3 is 0 Å². The van der Waals surface area contributed by atoms with Gasteiger partial charge in [0.15, 0.2) is 0 Å². The van der Waals surface area contributed by atoms with Crippen molar-refractivity contribution in [1.82, 2.24) is 0 Å². The van der Waals surface area contributed by atoms with Crippen LogP contribution >= 0.6 is 48.6 Å². The molecule has 0 spiro atoms. The second-order valence-corrected chi connectivity index (χ2v) is 19.7. The zero-order chi connectivity index (χ0) is 40.7. The van der Waals surface area contributed by atoms with Crippen molar-refractivity contribution in [3.63, 3.8) is 0 Å². The molecule has 312 valence electrons. The Kier molecular flexibility index (Phi) is 24.5. The summed E-state index contributed by atoms with van der Waals surface area (Å²) in [4.78, 5) is 8.00. The maximum atomic E-state index is 8.00. The maximum absolute atomic E-state index is 8.00. The molecule has 0 aromatic heterocycles. The first-order chi connectivity index (χ1) is 29.3. The van der Waals surface area contributed by atoms with E-state index in [9.17, 15) is 0 Å². The molecule has 0 saturated carbocycles. The first-order valence-corrected chi connectivity index (χ1v) is 23.5. The van der Waals surface area contributed by atoms with Gasteiger partial charge in [0.25, 0.3) is 0 Å². The van der Waals surface area contributed by atoms with E-state index in [-0.39, 0.29) is 44.3 Å². The second-order valence-electron chi connectivity index (χ2n) is 13.0. The van der Waals surface area contributed by atoms with Crippen molar-refractivity contribution in [3.8, 4) is 0 Å². The summed E-state index contributed by atoms with van der Waals surface area (Å²) in [6.07, 6.45) is 0. The Morgan fingerprint density at radius 2 is 0.274 bits per heavy atom. The summed E-state index contributed by atoms with van der Waals surface area (Å²) in [6, 6.07) is 97.0. The third-order valence-electron chi connectivity index (χ3n) is 9.13. The fraction of sp³-hybridized carbons (Fsp3) is 0. The molecule has 0 fully saturated rings. The van der Waals surface area contributed by atoms with Crippen LogP contribution in [0.4, 0.5) is 0 Å². The molecule has 0 unspecified atom stereocenters. The van der Waals surface area contributed by atoms with E-state index < -0.39 is 23.8 Å². The quantitative estimate of drug-likeness (QED) is 0.104. The zero-order valence-electron chi connectivity index (χ0n) is 34.1. The molecule has 0 aliphatic heterocycles. The number of carbonyl (C=O) groups is 1. The smallest absolute Gasteiger partial charge is 0.106 e. The van der Waals surface area contributed by atoms with Crippen LogP contribution in [-0.2, 0) is 24.3 Å². The molecule has 0 aliphatic rings. The number of rotatable bonds is 9. The van der Waals surface area contributed by atoms with Crippen LogP contribution in [0, 0.1) is 0 Å². The Balaban J connectivity index is 0.000000237. The Hall–Kier alpha value is -4.86. The normalized spacial score (nSPS) is 9.79. The average Bonchev–Trinajstić information content (AvgIpc) is 3.34. The number of hydrogen-bond donors (Lipinski definition) is 0. The van der Waals surface area contributed by atoms with Crippen molar-refractivity contribution >= 4 is 103 Å². The summed E-state index contributed by atoms with van der Waals surface area (Å²) in [6.45, 7) is 2.00. The Bertz CT molecular complexity index is 1900. The SMILES string of the molecule is C=O.Cl.Cl.[Ru].c1ccc(P(c2ccccc2)c2ccccc2)cc1.c1ccc(P(c2ccccc2)c2ccccc2)cc1.c1ccc(P(c2ccccc2)c2ccccc2)cc1. The zero-order valence-corrected chi connectivity index (χ0v) is 40.2. The minimum atomic E-state index is -0.446. The number of hydrogen-bond acceptors (Lipinski definition) is 1. The molecule has 0 radical (unpaired) electrons. The molecule has 1 nitrogen and oxygen atoms in total. The van der Waals surface area contributed by atoms with E-state index in [1.807, 2.05) is 6.79 Å². The first-order valence-electron chi connectivity index (χ1n) is 19.5. The number of benzene rings is 9. The van der Waals surface area contributed by atoms with Crippen LogP contribution in [-0.4, -0.2) is 6.79 Å². The molecule has 0 atom stereocenters. The van der Waals surface area contributed by atoms with Crippen LogP contribution < -0.4 is 47.7 Å². The van der Waals surface area contributed by atoms with Gasteiger partial charge in [0, 0.05) is 19.5 Å². The van der Waals surface area contributed by atoms with Crippen molar-refractivity contribution < 1.29 is 24.3 Å². The van der Waals surface area contributed by atoms with Gasteiger partial charge in [-0.3, -0.25) is 0 Å². The van der Waals surface area contributed by atoms with Gasteiger partial charge in [-0.2, -0.15) is 0 Å². The molecule has 0 N–H and O–H groups in total. The predicted octanol–water partition coefficient (Wildman–Crippen LogP) is 11.0. The van der Waals surface area contributed by atoms with E-state index in [1.165, 1.54) is 47.7 Å². The molecule has 0 bridgehead atoms. The van der Waals surface area contributed by atoms with Crippen molar-refractivity contribution in [1.29, 1.82) is 0 Å². The fourth-order valence-electron chi connectivity index (χ4n) is 6.54. The van der Waals surface area contributed by atoms with Crippen LogP contribution in [0.1, 0.15) is 0 Å². The molecular weight excluding hydrogens is 942 g/mol. The standard InChI is InChI=1S/3C18H15P.CH2O.2ClH.Ru/c3*1-4-10-16(11-5-1)19(17-12-6-2-7-13-17)18-14-8-3-9-15-18;1-2;;;/h3*1-15H;1H2;2*1H;. The van der Waals surface area contributed by atoms with E-state index in [0.717, 1.165) is 0 Å². The van der Waals surface area contributed by atoms with Gasteiger partial charge in [-0.25, -0.2) is 0 Å². The molecule has 0 heterocycles. The number of halogens is 2. The van der Waals surface area contributed by atoms with Crippen molar-refractivity contribution in [3.05, 3.63) is 273 Å². The molecule has 62 heavy (non-hydrogen) atoms. The molecule has 9 rings (SSSR count). The van der Waals surface area contributed by atoms with Gasteiger partial charge in [0.05, 0.1) is 0 Å². The summed E-state index contributed by atoms with van der Waals surface area (Å²) < 4.78 is 0. The second kappa shape index (κ2) is 29.4. The summed E-state index contributed by atoms with van der Waals surface area (Å²) >= 11 is 0. The molecule has 9 aromatic carbocycles. The average molecular weight is 991 g/mol. The minimum Gasteiger partial charge on any atom is -0.307 e. The molecule has 9 aromatic rings. The molecular formula is C55H49Cl2OP3Ru. The molecule has 0 amide bonds. The van der Waals surface area contributed by atoms with Crippen LogP contribution in [0.3, 0.4) is 0 Å². The molecule has 0 saturated heterocycles. The van der Waals surface area contributed by atoms with Crippen molar-refractivity contribution in [2.75, 3.05) is 0 Å². The summed E-state index contributed by atoms with van der Waals surface area (Å²) in [5, 5.41) is 12.6. The van der Waals surface area contributed by atoms with Gasteiger partial charge in [0.1, 0.15) is 6.79 Å². The third kappa shape index (κ3) is 15.2. The largest absolute Gasteiger partial charge is 0.307 e. The monoisotopic (exact) mass is 990 g/mol.